The third kappa shape index (κ3) is 3.13. The third-order valence-corrected chi connectivity index (χ3v) is 4.41. The van der Waals surface area contributed by atoms with Gasteiger partial charge in [-0.3, -0.25) is 4.79 Å². The number of hydrogen-bond donors (Lipinski definition) is 0. The number of rotatable bonds is 2. The molecule has 1 amide bonds. The van der Waals surface area contributed by atoms with Crippen molar-refractivity contribution in [2.45, 2.75) is 6.42 Å². The summed E-state index contributed by atoms with van der Waals surface area (Å²) in [5.41, 5.74) is 3.02. The zero-order valence-corrected chi connectivity index (χ0v) is 13.9. The lowest BCUT2D eigenvalue weighted by Gasteiger charge is -2.26. The summed E-state index contributed by atoms with van der Waals surface area (Å²) >= 11 is 5.89. The van der Waals surface area contributed by atoms with Crippen LogP contribution in [-0.4, -0.2) is 38.5 Å². The number of carbonyl (C=O) groups is 1. The Balaban J connectivity index is 1.52. The van der Waals surface area contributed by atoms with Crippen LogP contribution >= 0.6 is 11.6 Å². The summed E-state index contributed by atoms with van der Waals surface area (Å²) in [6, 6.07) is 8.06. The Bertz CT molecular complexity index is 980. The number of fused-ring (bicyclic) bond motifs is 1. The summed E-state index contributed by atoms with van der Waals surface area (Å²) in [7, 11) is 0. The van der Waals surface area contributed by atoms with E-state index in [9.17, 15) is 9.18 Å². The van der Waals surface area contributed by atoms with Gasteiger partial charge in [-0.05, 0) is 29.7 Å². The van der Waals surface area contributed by atoms with E-state index in [-0.39, 0.29) is 11.7 Å². The molecular formula is C18H14ClFN4O. The first kappa shape index (κ1) is 15.8. The second-order valence-electron chi connectivity index (χ2n) is 5.84. The summed E-state index contributed by atoms with van der Waals surface area (Å²) in [4.78, 5) is 18.5. The van der Waals surface area contributed by atoms with Crippen LogP contribution in [0.1, 0.15) is 22.5 Å². The Morgan fingerprint density at radius 3 is 2.76 bits per heavy atom. The fourth-order valence-corrected chi connectivity index (χ4v) is 3.04. The van der Waals surface area contributed by atoms with E-state index < -0.39 is 0 Å². The lowest BCUT2D eigenvalue weighted by molar-refractivity contribution is 0.0766. The maximum atomic E-state index is 13.0. The summed E-state index contributed by atoms with van der Waals surface area (Å²) in [5, 5.41) is 4.71. The molecule has 1 aliphatic heterocycles. The molecule has 0 N–H and O–H groups in total. The van der Waals surface area contributed by atoms with Crippen molar-refractivity contribution in [3.8, 4) is 0 Å². The van der Waals surface area contributed by atoms with Gasteiger partial charge in [-0.15, -0.1) is 0 Å². The van der Waals surface area contributed by atoms with E-state index >= 15 is 0 Å². The molecule has 126 valence electrons. The van der Waals surface area contributed by atoms with Crippen LogP contribution in [-0.2, 0) is 0 Å². The van der Waals surface area contributed by atoms with Crippen LogP contribution in [0.3, 0.4) is 0 Å². The average molecular weight is 357 g/mol. The quantitative estimate of drug-likeness (QED) is 0.706. The molecule has 3 aromatic rings. The molecule has 2 aromatic heterocycles. The van der Waals surface area contributed by atoms with Gasteiger partial charge in [0.2, 0.25) is 0 Å². The van der Waals surface area contributed by atoms with Crippen LogP contribution in [0.2, 0.25) is 5.02 Å². The number of carbonyl (C=O) groups excluding carboxylic acids is 1. The van der Waals surface area contributed by atoms with Gasteiger partial charge >= 0.3 is 0 Å². The molecule has 1 aromatic carbocycles. The van der Waals surface area contributed by atoms with Crippen LogP contribution in [0.4, 0.5) is 4.39 Å². The molecule has 25 heavy (non-hydrogen) atoms. The minimum atomic E-state index is -0.252. The number of aromatic nitrogens is 3. The van der Waals surface area contributed by atoms with E-state index in [0.29, 0.717) is 29.5 Å². The predicted molar refractivity (Wildman–Crippen MR) is 92.9 cm³/mol. The Morgan fingerprint density at radius 2 is 2.04 bits per heavy atom. The highest BCUT2D eigenvalue weighted by Gasteiger charge is 2.22. The van der Waals surface area contributed by atoms with Gasteiger partial charge in [0.1, 0.15) is 5.82 Å². The van der Waals surface area contributed by atoms with Gasteiger partial charge in [0.25, 0.3) is 5.91 Å². The summed E-state index contributed by atoms with van der Waals surface area (Å²) in [6.45, 7) is 1.08. The molecular weight excluding hydrogens is 343 g/mol. The zero-order valence-electron chi connectivity index (χ0n) is 13.2. The molecule has 0 spiro atoms. The van der Waals surface area contributed by atoms with E-state index in [0.717, 1.165) is 17.6 Å². The fraction of sp³-hybridized carbons (Fsp3) is 0.167. The highest BCUT2D eigenvalue weighted by Crippen LogP contribution is 2.23. The zero-order chi connectivity index (χ0) is 17.4. The SMILES string of the molecule is O=C(c1cc2ncc(Cl)cn2n1)N1CC=C(c2ccc(F)cc2)CC1. The first-order valence-electron chi connectivity index (χ1n) is 7.85. The van der Waals surface area contributed by atoms with Gasteiger partial charge in [0.05, 0.1) is 11.2 Å². The van der Waals surface area contributed by atoms with E-state index in [1.54, 1.807) is 29.3 Å². The molecule has 0 bridgehead atoms. The van der Waals surface area contributed by atoms with Crippen LogP contribution in [0.15, 0.2) is 48.8 Å². The van der Waals surface area contributed by atoms with Crippen molar-refractivity contribution in [2.75, 3.05) is 13.1 Å². The van der Waals surface area contributed by atoms with E-state index in [1.807, 2.05) is 6.08 Å². The first-order chi connectivity index (χ1) is 12.1. The molecule has 0 aliphatic carbocycles. The monoisotopic (exact) mass is 356 g/mol. The minimum Gasteiger partial charge on any atom is -0.333 e. The second-order valence-corrected chi connectivity index (χ2v) is 6.28. The van der Waals surface area contributed by atoms with Crippen molar-refractivity contribution < 1.29 is 9.18 Å². The minimum absolute atomic E-state index is 0.143. The molecule has 0 atom stereocenters. The van der Waals surface area contributed by atoms with Gasteiger partial charge < -0.3 is 4.90 Å². The number of nitrogens with zero attached hydrogens (tertiary/aromatic N) is 4. The summed E-state index contributed by atoms with van der Waals surface area (Å²) in [6.07, 6.45) is 5.85. The van der Waals surface area contributed by atoms with Crippen LogP contribution in [0.5, 0.6) is 0 Å². The Kier molecular flexibility index (Phi) is 3.97. The molecule has 5 nitrogen and oxygen atoms in total. The van der Waals surface area contributed by atoms with Crippen molar-refractivity contribution in [3.63, 3.8) is 0 Å². The van der Waals surface area contributed by atoms with Crippen molar-refractivity contribution in [2.24, 2.45) is 0 Å². The maximum Gasteiger partial charge on any atom is 0.274 e. The largest absolute Gasteiger partial charge is 0.333 e. The third-order valence-electron chi connectivity index (χ3n) is 4.21. The fourth-order valence-electron chi connectivity index (χ4n) is 2.90. The summed E-state index contributed by atoms with van der Waals surface area (Å²) in [5.74, 6) is -0.395. The van der Waals surface area contributed by atoms with Crippen LogP contribution < -0.4 is 0 Å². The second kappa shape index (κ2) is 6.29. The number of hydrogen-bond acceptors (Lipinski definition) is 3. The highest BCUT2D eigenvalue weighted by atomic mass is 35.5. The van der Waals surface area contributed by atoms with Gasteiger partial charge in [-0.2, -0.15) is 5.10 Å². The highest BCUT2D eigenvalue weighted by molar-refractivity contribution is 6.30. The number of benzene rings is 1. The number of amides is 1. The van der Waals surface area contributed by atoms with Gasteiger partial charge in [0, 0.05) is 25.4 Å². The predicted octanol–water partition coefficient (Wildman–Crippen LogP) is 3.45. The molecule has 0 radical (unpaired) electrons. The average Bonchev–Trinajstić information content (AvgIpc) is 3.05. The van der Waals surface area contributed by atoms with Crippen LogP contribution in [0.25, 0.3) is 11.2 Å². The molecule has 0 saturated carbocycles. The van der Waals surface area contributed by atoms with Crippen LogP contribution in [0, 0.1) is 5.82 Å². The standard InChI is InChI=1S/C18H14ClFN4O/c19-14-10-21-17-9-16(22-24(17)11-14)18(25)23-7-5-13(6-8-23)12-1-3-15(20)4-2-12/h1-5,9-11H,6-8H2. The molecule has 4 rings (SSSR count). The van der Waals surface area contributed by atoms with Crippen molar-refractivity contribution in [3.05, 3.63) is 70.9 Å². The van der Waals surface area contributed by atoms with E-state index in [4.69, 9.17) is 11.6 Å². The molecule has 0 fully saturated rings. The lowest BCUT2D eigenvalue weighted by Crippen LogP contribution is -2.34. The Labute approximate surface area is 148 Å². The molecule has 7 heteroatoms. The summed E-state index contributed by atoms with van der Waals surface area (Å²) < 4.78 is 14.5. The van der Waals surface area contributed by atoms with Gasteiger partial charge in [-0.25, -0.2) is 13.9 Å². The van der Waals surface area contributed by atoms with Gasteiger partial charge in [0.15, 0.2) is 11.3 Å². The topological polar surface area (TPSA) is 50.5 Å². The Morgan fingerprint density at radius 1 is 1.24 bits per heavy atom. The molecule has 0 saturated heterocycles. The van der Waals surface area contributed by atoms with Crippen molar-refractivity contribution in [1.29, 1.82) is 0 Å². The lowest BCUT2D eigenvalue weighted by atomic mass is 9.99. The smallest absolute Gasteiger partial charge is 0.274 e. The van der Waals surface area contributed by atoms with E-state index in [1.165, 1.54) is 22.8 Å². The van der Waals surface area contributed by atoms with Gasteiger partial charge in [-0.1, -0.05) is 29.8 Å². The normalized spacial score (nSPS) is 14.6. The molecule has 1 aliphatic rings. The molecule has 3 heterocycles. The number of halogens is 2. The Hall–Kier alpha value is -2.73. The van der Waals surface area contributed by atoms with E-state index in [2.05, 4.69) is 10.1 Å². The first-order valence-corrected chi connectivity index (χ1v) is 8.23. The van der Waals surface area contributed by atoms with Crippen molar-refractivity contribution in [1.82, 2.24) is 19.5 Å². The maximum absolute atomic E-state index is 13.0. The molecule has 0 unspecified atom stereocenters. The van der Waals surface area contributed by atoms with Crippen molar-refractivity contribution >= 4 is 28.7 Å².